The van der Waals surface area contributed by atoms with E-state index in [9.17, 15) is 5.11 Å². The van der Waals surface area contributed by atoms with Gasteiger partial charge in [0.25, 0.3) is 0 Å². The first kappa shape index (κ1) is 11.5. The zero-order valence-corrected chi connectivity index (χ0v) is 9.69. The molecule has 1 aromatic rings. The number of aliphatic hydroxyl groups excluding tert-OH is 1. The summed E-state index contributed by atoms with van der Waals surface area (Å²) in [6.45, 7) is 3.65. The number of rotatable bonds is 3. The molecule has 4 heteroatoms. The van der Waals surface area contributed by atoms with Gasteiger partial charge in [-0.3, -0.25) is 0 Å². The zero-order valence-electron chi connectivity index (χ0n) is 8.12. The first-order valence-electron chi connectivity index (χ1n) is 4.38. The minimum Gasteiger partial charge on any atom is -0.386 e. The lowest BCUT2D eigenvalue weighted by molar-refractivity contribution is 0.0754. The largest absolute Gasteiger partial charge is 0.386 e. The van der Waals surface area contributed by atoms with E-state index in [0.29, 0.717) is 10.8 Å². The van der Waals surface area contributed by atoms with Gasteiger partial charge in [0.05, 0.1) is 15.8 Å². The second-order valence-electron chi connectivity index (χ2n) is 3.43. The molecule has 2 atom stereocenters. The average Bonchev–Trinajstić information content (AvgIpc) is 2.62. The summed E-state index contributed by atoms with van der Waals surface area (Å²) in [6.07, 6.45) is -0.143. The van der Waals surface area contributed by atoms with Gasteiger partial charge in [-0.2, -0.15) is 5.26 Å². The molecule has 0 radical (unpaired) electrons. The summed E-state index contributed by atoms with van der Waals surface area (Å²) in [4.78, 5) is 0.751. The van der Waals surface area contributed by atoms with Crippen molar-refractivity contribution in [2.45, 2.75) is 26.4 Å². The highest BCUT2D eigenvalue weighted by molar-refractivity contribution is 7.16. The molecule has 14 heavy (non-hydrogen) atoms. The zero-order chi connectivity index (χ0) is 10.8. The number of hydrogen-bond acceptors (Lipinski definition) is 3. The monoisotopic (exact) mass is 229 g/mol. The van der Waals surface area contributed by atoms with Crippen LogP contribution in [0.2, 0.25) is 4.34 Å². The standard InChI is InChI=1S/C10H12ClNOS/c1-3-10(2,6-12)9(13)7-4-5-8(11)14-7/h4-5,9,13H,3H2,1-2H3. The number of nitriles is 1. The fraction of sp³-hybridized carbons (Fsp3) is 0.500. The predicted molar refractivity (Wildman–Crippen MR) is 58.3 cm³/mol. The summed E-state index contributed by atoms with van der Waals surface area (Å²) in [5, 5.41) is 19.0. The maximum absolute atomic E-state index is 9.98. The molecule has 0 bridgehead atoms. The maximum atomic E-state index is 9.98. The number of aliphatic hydroxyl groups is 1. The Labute approximate surface area is 92.8 Å². The third-order valence-electron chi connectivity index (χ3n) is 2.46. The molecule has 76 valence electrons. The van der Waals surface area contributed by atoms with Gasteiger partial charge < -0.3 is 5.11 Å². The Bertz CT molecular complexity index is 357. The molecule has 0 saturated carbocycles. The number of thiophene rings is 1. The molecule has 0 aliphatic heterocycles. The molecule has 1 heterocycles. The fourth-order valence-corrected chi connectivity index (χ4v) is 2.32. The summed E-state index contributed by atoms with van der Waals surface area (Å²) >= 11 is 7.08. The molecule has 0 saturated heterocycles. The minimum atomic E-state index is -0.755. The van der Waals surface area contributed by atoms with Crippen molar-refractivity contribution in [3.8, 4) is 6.07 Å². The number of halogens is 1. The molecule has 2 nitrogen and oxygen atoms in total. The molecule has 1 N–H and O–H groups in total. The van der Waals surface area contributed by atoms with Gasteiger partial charge in [-0.25, -0.2) is 0 Å². The van der Waals surface area contributed by atoms with E-state index in [1.807, 2.05) is 6.92 Å². The van der Waals surface area contributed by atoms with Crippen LogP contribution in [0.4, 0.5) is 0 Å². The van der Waals surface area contributed by atoms with Crippen LogP contribution in [0.1, 0.15) is 31.2 Å². The molecular weight excluding hydrogens is 218 g/mol. The Balaban J connectivity index is 2.95. The van der Waals surface area contributed by atoms with E-state index in [0.717, 1.165) is 4.88 Å². The van der Waals surface area contributed by atoms with E-state index >= 15 is 0 Å². The summed E-state index contributed by atoms with van der Waals surface area (Å²) in [6, 6.07) is 5.65. The van der Waals surface area contributed by atoms with Gasteiger partial charge in [-0.05, 0) is 25.5 Å². The van der Waals surface area contributed by atoms with Crippen molar-refractivity contribution in [2.24, 2.45) is 5.41 Å². The van der Waals surface area contributed by atoms with Gasteiger partial charge in [0, 0.05) is 4.88 Å². The van der Waals surface area contributed by atoms with Crippen LogP contribution in [0, 0.1) is 16.7 Å². The summed E-state index contributed by atoms with van der Waals surface area (Å²) in [5.74, 6) is 0. The van der Waals surface area contributed by atoms with Crippen LogP contribution in [-0.2, 0) is 0 Å². The molecule has 0 amide bonds. The van der Waals surface area contributed by atoms with Crippen molar-refractivity contribution in [3.63, 3.8) is 0 Å². The van der Waals surface area contributed by atoms with Crippen molar-refractivity contribution in [1.29, 1.82) is 5.26 Å². The van der Waals surface area contributed by atoms with Crippen LogP contribution in [0.25, 0.3) is 0 Å². The lowest BCUT2D eigenvalue weighted by atomic mass is 9.82. The van der Waals surface area contributed by atoms with Gasteiger partial charge in [0.1, 0.15) is 6.10 Å². The highest BCUT2D eigenvalue weighted by atomic mass is 35.5. The van der Waals surface area contributed by atoms with Crippen molar-refractivity contribution < 1.29 is 5.11 Å². The molecule has 2 unspecified atom stereocenters. The van der Waals surface area contributed by atoms with Gasteiger partial charge in [-0.1, -0.05) is 18.5 Å². The topological polar surface area (TPSA) is 44.0 Å². The van der Waals surface area contributed by atoms with Crippen LogP contribution in [0.5, 0.6) is 0 Å². The average molecular weight is 230 g/mol. The molecule has 0 aliphatic carbocycles. The summed E-state index contributed by atoms with van der Waals surface area (Å²) < 4.78 is 0.635. The van der Waals surface area contributed by atoms with E-state index in [-0.39, 0.29) is 0 Å². The molecular formula is C10H12ClNOS. The van der Waals surface area contributed by atoms with E-state index in [1.54, 1.807) is 19.1 Å². The molecule has 0 aromatic carbocycles. The molecule has 0 aliphatic rings. The fourth-order valence-electron chi connectivity index (χ4n) is 1.12. The lowest BCUT2D eigenvalue weighted by Crippen LogP contribution is -2.22. The maximum Gasteiger partial charge on any atom is 0.106 e. The highest BCUT2D eigenvalue weighted by Crippen LogP contribution is 2.39. The normalized spacial score (nSPS) is 17.1. The second kappa shape index (κ2) is 4.31. The number of hydrogen-bond donors (Lipinski definition) is 1. The van der Waals surface area contributed by atoms with E-state index < -0.39 is 11.5 Å². The van der Waals surface area contributed by atoms with Crippen molar-refractivity contribution in [1.82, 2.24) is 0 Å². The van der Waals surface area contributed by atoms with Crippen molar-refractivity contribution >= 4 is 22.9 Å². The lowest BCUT2D eigenvalue weighted by Gasteiger charge is -2.24. The summed E-state index contributed by atoms with van der Waals surface area (Å²) in [5.41, 5.74) is -0.728. The molecule has 1 aromatic heterocycles. The van der Waals surface area contributed by atoms with Crippen LogP contribution in [0.3, 0.4) is 0 Å². The van der Waals surface area contributed by atoms with E-state index in [4.69, 9.17) is 16.9 Å². The predicted octanol–water partition coefficient (Wildman–Crippen LogP) is 3.37. The Kier molecular flexibility index (Phi) is 3.54. The second-order valence-corrected chi connectivity index (χ2v) is 5.17. The third-order valence-corrected chi connectivity index (χ3v) is 3.74. The van der Waals surface area contributed by atoms with Gasteiger partial charge >= 0.3 is 0 Å². The van der Waals surface area contributed by atoms with Gasteiger partial charge in [-0.15, -0.1) is 11.3 Å². The van der Waals surface area contributed by atoms with Gasteiger partial charge in [0.2, 0.25) is 0 Å². The van der Waals surface area contributed by atoms with Crippen LogP contribution >= 0.6 is 22.9 Å². The quantitative estimate of drug-likeness (QED) is 0.864. The van der Waals surface area contributed by atoms with Crippen molar-refractivity contribution in [3.05, 3.63) is 21.3 Å². The Morgan fingerprint density at radius 1 is 1.71 bits per heavy atom. The van der Waals surface area contributed by atoms with E-state index in [1.165, 1.54) is 11.3 Å². The summed E-state index contributed by atoms with van der Waals surface area (Å²) in [7, 11) is 0. The molecule has 0 fully saturated rings. The Hall–Kier alpha value is -0.560. The smallest absolute Gasteiger partial charge is 0.106 e. The molecule has 0 spiro atoms. The minimum absolute atomic E-state index is 0.611. The first-order valence-corrected chi connectivity index (χ1v) is 5.57. The highest BCUT2D eigenvalue weighted by Gasteiger charge is 2.33. The SMILES string of the molecule is CCC(C)(C#N)C(O)c1ccc(Cl)s1. The van der Waals surface area contributed by atoms with Crippen LogP contribution < -0.4 is 0 Å². The van der Waals surface area contributed by atoms with Gasteiger partial charge in [0.15, 0.2) is 0 Å². The van der Waals surface area contributed by atoms with Crippen molar-refractivity contribution in [2.75, 3.05) is 0 Å². The Morgan fingerprint density at radius 3 is 2.71 bits per heavy atom. The number of nitrogens with zero attached hydrogens (tertiary/aromatic N) is 1. The van der Waals surface area contributed by atoms with Crippen LogP contribution in [0.15, 0.2) is 12.1 Å². The molecule has 1 rings (SSSR count). The van der Waals surface area contributed by atoms with E-state index in [2.05, 4.69) is 6.07 Å². The Morgan fingerprint density at radius 2 is 2.36 bits per heavy atom. The first-order chi connectivity index (χ1) is 6.53. The third kappa shape index (κ3) is 2.09. The van der Waals surface area contributed by atoms with Crippen LogP contribution in [-0.4, -0.2) is 5.11 Å².